The molecule has 0 fully saturated rings. The maximum Gasteiger partial charge on any atom is 0.129 e. The van der Waals surface area contributed by atoms with Crippen LogP contribution in [0, 0.1) is 13.8 Å². The summed E-state index contributed by atoms with van der Waals surface area (Å²) in [6, 6.07) is 6.04. The predicted molar refractivity (Wildman–Crippen MR) is 85.1 cm³/mol. The van der Waals surface area contributed by atoms with Gasteiger partial charge in [-0.3, -0.25) is 0 Å². The topological polar surface area (TPSA) is 42.4 Å². The SMILES string of the molecule is Cc1nc(CC(O)c2cccc3c2OC(C)(C)C3)sc1C. The summed E-state index contributed by atoms with van der Waals surface area (Å²) in [4.78, 5) is 5.73. The van der Waals surface area contributed by atoms with E-state index in [9.17, 15) is 5.11 Å². The Morgan fingerprint density at radius 1 is 1.38 bits per heavy atom. The summed E-state index contributed by atoms with van der Waals surface area (Å²) < 4.78 is 6.04. The fraction of sp³-hybridized carbons (Fsp3) is 0.471. The Morgan fingerprint density at radius 3 is 2.81 bits per heavy atom. The molecule has 4 heteroatoms. The first-order valence-corrected chi connectivity index (χ1v) is 8.09. The van der Waals surface area contributed by atoms with Gasteiger partial charge in [-0.2, -0.15) is 0 Å². The number of rotatable bonds is 3. The molecule has 112 valence electrons. The van der Waals surface area contributed by atoms with Crippen LogP contribution in [0.25, 0.3) is 0 Å². The minimum atomic E-state index is -0.571. The second-order valence-corrected chi connectivity index (χ2v) is 7.63. The van der Waals surface area contributed by atoms with Crippen molar-refractivity contribution in [2.75, 3.05) is 0 Å². The van der Waals surface area contributed by atoms with Crippen molar-refractivity contribution in [2.45, 2.75) is 52.2 Å². The normalized spacial score (nSPS) is 17.4. The zero-order chi connectivity index (χ0) is 15.2. The van der Waals surface area contributed by atoms with Crippen LogP contribution in [0.3, 0.4) is 0 Å². The maximum absolute atomic E-state index is 10.6. The summed E-state index contributed by atoms with van der Waals surface area (Å²) in [7, 11) is 0. The van der Waals surface area contributed by atoms with Crippen molar-refractivity contribution in [2.24, 2.45) is 0 Å². The molecule has 0 saturated carbocycles. The van der Waals surface area contributed by atoms with Crippen molar-refractivity contribution in [1.82, 2.24) is 4.98 Å². The van der Waals surface area contributed by atoms with E-state index in [1.165, 1.54) is 10.4 Å². The lowest BCUT2D eigenvalue weighted by Gasteiger charge is -2.19. The fourth-order valence-corrected chi connectivity index (χ4v) is 3.77. The number of benzene rings is 1. The van der Waals surface area contributed by atoms with E-state index in [1.807, 2.05) is 19.1 Å². The Bertz CT molecular complexity index is 656. The molecule has 1 aliphatic heterocycles. The molecule has 0 radical (unpaired) electrons. The molecule has 1 atom stereocenters. The van der Waals surface area contributed by atoms with E-state index in [0.29, 0.717) is 6.42 Å². The second-order valence-electron chi connectivity index (χ2n) is 6.34. The monoisotopic (exact) mass is 303 g/mol. The van der Waals surface area contributed by atoms with E-state index in [0.717, 1.165) is 28.4 Å². The molecule has 1 aromatic carbocycles. The lowest BCUT2D eigenvalue weighted by atomic mass is 9.98. The van der Waals surface area contributed by atoms with Crippen molar-refractivity contribution < 1.29 is 9.84 Å². The molecule has 3 nitrogen and oxygen atoms in total. The summed E-state index contributed by atoms with van der Waals surface area (Å²) in [5, 5.41) is 11.6. The zero-order valence-corrected chi connectivity index (χ0v) is 13.8. The molecule has 0 saturated heterocycles. The Balaban J connectivity index is 1.86. The number of hydrogen-bond donors (Lipinski definition) is 1. The van der Waals surface area contributed by atoms with Crippen LogP contribution in [-0.2, 0) is 12.8 Å². The first-order valence-electron chi connectivity index (χ1n) is 7.27. The number of para-hydroxylation sites is 1. The van der Waals surface area contributed by atoms with Gasteiger partial charge in [0.1, 0.15) is 11.4 Å². The minimum Gasteiger partial charge on any atom is -0.487 e. The van der Waals surface area contributed by atoms with Gasteiger partial charge in [-0.15, -0.1) is 11.3 Å². The number of aromatic nitrogens is 1. The fourth-order valence-electron chi connectivity index (χ4n) is 2.80. The minimum absolute atomic E-state index is 0.188. The molecule has 1 unspecified atom stereocenters. The molecule has 0 aliphatic carbocycles. The molecule has 0 amide bonds. The molecule has 2 heterocycles. The van der Waals surface area contributed by atoms with Crippen LogP contribution >= 0.6 is 11.3 Å². The van der Waals surface area contributed by atoms with Gasteiger partial charge in [0.25, 0.3) is 0 Å². The van der Waals surface area contributed by atoms with Gasteiger partial charge in [-0.05, 0) is 33.3 Å². The van der Waals surface area contributed by atoms with Crippen molar-refractivity contribution in [1.29, 1.82) is 0 Å². The number of nitrogens with zero attached hydrogens (tertiary/aromatic N) is 1. The van der Waals surface area contributed by atoms with Crippen LogP contribution in [-0.4, -0.2) is 15.7 Å². The van der Waals surface area contributed by atoms with Gasteiger partial charge in [0.05, 0.1) is 16.8 Å². The van der Waals surface area contributed by atoms with Gasteiger partial charge in [0.15, 0.2) is 0 Å². The number of thiazole rings is 1. The van der Waals surface area contributed by atoms with Crippen molar-refractivity contribution in [3.8, 4) is 5.75 Å². The van der Waals surface area contributed by atoms with E-state index in [-0.39, 0.29) is 5.60 Å². The van der Waals surface area contributed by atoms with Gasteiger partial charge in [0, 0.05) is 23.3 Å². The standard InChI is InChI=1S/C17H21NO2S/c1-10-11(2)21-15(18-10)8-14(19)13-7-5-6-12-9-17(3,4)20-16(12)13/h5-7,14,19H,8-9H2,1-4H3. The third-order valence-corrected chi connectivity index (χ3v) is 5.02. The molecule has 2 aromatic rings. The average molecular weight is 303 g/mol. The van der Waals surface area contributed by atoms with E-state index >= 15 is 0 Å². The largest absolute Gasteiger partial charge is 0.487 e. The Morgan fingerprint density at radius 2 is 2.14 bits per heavy atom. The van der Waals surface area contributed by atoms with Crippen LogP contribution in [0.2, 0.25) is 0 Å². The smallest absolute Gasteiger partial charge is 0.129 e. The van der Waals surface area contributed by atoms with Gasteiger partial charge >= 0.3 is 0 Å². The highest BCUT2D eigenvalue weighted by Crippen LogP contribution is 2.40. The summed E-state index contributed by atoms with van der Waals surface area (Å²) in [6.07, 6.45) is 0.858. The van der Waals surface area contributed by atoms with Crippen LogP contribution in [0.4, 0.5) is 0 Å². The highest BCUT2D eigenvalue weighted by molar-refractivity contribution is 7.11. The Hall–Kier alpha value is -1.39. The number of fused-ring (bicyclic) bond motifs is 1. The van der Waals surface area contributed by atoms with Gasteiger partial charge in [-0.25, -0.2) is 4.98 Å². The molecule has 21 heavy (non-hydrogen) atoms. The van der Waals surface area contributed by atoms with Crippen LogP contribution in [0.5, 0.6) is 5.75 Å². The lowest BCUT2D eigenvalue weighted by Crippen LogP contribution is -2.25. The third kappa shape index (κ3) is 2.83. The Labute approximate surface area is 129 Å². The van der Waals surface area contributed by atoms with Crippen molar-refractivity contribution in [3.05, 3.63) is 44.9 Å². The first-order chi connectivity index (χ1) is 9.85. The number of aryl methyl sites for hydroxylation is 2. The first kappa shape index (κ1) is 14.5. The summed E-state index contributed by atoms with van der Waals surface area (Å²) in [6.45, 7) is 8.23. The maximum atomic E-state index is 10.6. The molecule has 1 aromatic heterocycles. The Kier molecular flexibility index (Phi) is 3.54. The predicted octanol–water partition coefficient (Wildman–Crippen LogP) is 3.75. The molecule has 3 rings (SSSR count). The quantitative estimate of drug-likeness (QED) is 0.939. The number of aliphatic hydroxyl groups excluding tert-OH is 1. The highest BCUT2D eigenvalue weighted by atomic mass is 32.1. The van der Waals surface area contributed by atoms with Gasteiger partial charge < -0.3 is 9.84 Å². The molecular formula is C17H21NO2S. The van der Waals surface area contributed by atoms with E-state index in [4.69, 9.17) is 4.74 Å². The lowest BCUT2D eigenvalue weighted by molar-refractivity contribution is 0.126. The molecule has 0 bridgehead atoms. The zero-order valence-electron chi connectivity index (χ0n) is 12.9. The van der Waals surface area contributed by atoms with Gasteiger partial charge in [-0.1, -0.05) is 18.2 Å². The van der Waals surface area contributed by atoms with Crippen LogP contribution in [0.15, 0.2) is 18.2 Å². The molecule has 1 N–H and O–H groups in total. The van der Waals surface area contributed by atoms with E-state index < -0.39 is 6.10 Å². The second kappa shape index (κ2) is 5.11. The van der Waals surface area contributed by atoms with Crippen LogP contribution in [0.1, 0.15) is 46.7 Å². The highest BCUT2D eigenvalue weighted by Gasteiger charge is 2.33. The van der Waals surface area contributed by atoms with E-state index in [2.05, 4.69) is 31.8 Å². The molecule has 0 spiro atoms. The number of ether oxygens (including phenoxy) is 1. The molecule has 1 aliphatic rings. The summed E-state index contributed by atoms with van der Waals surface area (Å²) in [5.74, 6) is 0.861. The van der Waals surface area contributed by atoms with E-state index in [1.54, 1.807) is 11.3 Å². The number of aliphatic hydroxyl groups is 1. The van der Waals surface area contributed by atoms with Crippen molar-refractivity contribution >= 4 is 11.3 Å². The summed E-state index contributed by atoms with van der Waals surface area (Å²) in [5.41, 5.74) is 2.93. The van der Waals surface area contributed by atoms with Crippen molar-refractivity contribution in [3.63, 3.8) is 0 Å². The number of hydrogen-bond acceptors (Lipinski definition) is 4. The van der Waals surface area contributed by atoms with Gasteiger partial charge in [0.2, 0.25) is 0 Å². The molecular weight excluding hydrogens is 282 g/mol. The summed E-state index contributed by atoms with van der Waals surface area (Å²) >= 11 is 1.66. The average Bonchev–Trinajstić information content (AvgIpc) is 2.86. The van der Waals surface area contributed by atoms with Crippen LogP contribution < -0.4 is 4.74 Å². The third-order valence-electron chi connectivity index (χ3n) is 3.92.